The van der Waals surface area contributed by atoms with E-state index >= 15 is 0 Å². The molecule has 0 aromatic rings. The Kier molecular flexibility index (Phi) is 2050. The fraction of sp³-hybridized carbons (Fsp3) is 0. The van der Waals surface area contributed by atoms with E-state index in [9.17, 15) is 0 Å². The van der Waals surface area contributed by atoms with Crippen LogP contribution in [-0.4, -0.2) is 5.48 Å². The van der Waals surface area contributed by atoms with E-state index in [2.05, 4.69) is 15.9 Å². The maximum atomic E-state index is 7.81. The zero-order chi connectivity index (χ0) is 2.00. The molecule has 0 bridgehead atoms. The van der Waals surface area contributed by atoms with E-state index in [4.69, 9.17) is 3.83 Å². The monoisotopic (exact) mass is 114 g/mol. The minimum atomic E-state index is 0. The van der Waals surface area contributed by atoms with E-state index < -0.39 is 0 Å². The topological polar surface area (TPSA) is 83.6 Å². The summed E-state index contributed by atoms with van der Waals surface area (Å²) < 4.78 is 7.81. The quantitative estimate of drug-likeness (QED) is 0.453. The fourth-order valence-electron chi connectivity index (χ4n) is 0. The van der Waals surface area contributed by atoms with Crippen LogP contribution >= 0.6 is 0 Å². The molecule has 0 radical (unpaired) electrons. The molecule has 0 aliphatic rings. The van der Waals surface area contributed by atoms with Crippen molar-refractivity contribution in [3.8, 4) is 0 Å². The fourth-order valence-corrected chi connectivity index (χ4v) is 0. The average Bonchev–Trinajstić information content (AvgIpc) is 1.00. The first-order valence-electron chi connectivity index (χ1n) is 0.123. The zero-order valence-corrected chi connectivity index (χ0v) is 3.10. The summed E-state index contributed by atoms with van der Waals surface area (Å²) >= 11 is 2.94. The van der Waals surface area contributed by atoms with Gasteiger partial charge >= 0.3 is 19.8 Å². The van der Waals surface area contributed by atoms with Gasteiger partial charge in [-0.05, 0) is 0 Å². The molecule has 33 valence electrons. The van der Waals surface area contributed by atoms with Crippen LogP contribution < -0.4 is 6.15 Å². The maximum absolute atomic E-state index is 7.81. The molecule has 0 rings (SSSR count). The normalized spacial score (nSPS) is 1.50. The van der Waals surface area contributed by atoms with Crippen molar-refractivity contribution in [2.75, 3.05) is 0 Å². The van der Waals surface area contributed by atoms with Gasteiger partial charge in [0.05, 0.1) is 0 Å². The van der Waals surface area contributed by atoms with Gasteiger partial charge in [-0.15, -0.1) is 0 Å². The predicted molar refractivity (Wildman–Crippen MR) is 8.61 cm³/mol. The zero-order valence-electron chi connectivity index (χ0n) is 2.16. The molecule has 0 saturated carbocycles. The van der Waals surface area contributed by atoms with Crippen LogP contribution in [0.3, 0.4) is 0 Å². The molecule has 0 heterocycles. The summed E-state index contributed by atoms with van der Waals surface area (Å²) in [6, 6.07) is 0. The Balaban J connectivity index is -0.00000000500. The van der Waals surface area contributed by atoms with E-state index in [0.29, 0.717) is 0 Å². The van der Waals surface area contributed by atoms with Gasteiger partial charge in [0.2, 0.25) is 0 Å². The van der Waals surface area contributed by atoms with Gasteiger partial charge in [0, 0.05) is 0 Å². The molecular formula is H5CuNO2. The third-order valence-corrected chi connectivity index (χ3v) is 0. The van der Waals surface area contributed by atoms with Gasteiger partial charge in [-0.2, -0.15) is 0 Å². The Hall–Kier alpha value is 0.239. The summed E-state index contributed by atoms with van der Waals surface area (Å²) in [6.07, 6.45) is 0. The van der Waals surface area contributed by atoms with Gasteiger partial charge in [0.25, 0.3) is 0 Å². The molecule has 0 aliphatic heterocycles. The first kappa shape index (κ1) is 29.0. The van der Waals surface area contributed by atoms with Crippen molar-refractivity contribution < 1.29 is 25.3 Å². The molecule has 0 fully saturated rings. The van der Waals surface area contributed by atoms with Gasteiger partial charge in [0.15, 0.2) is 0 Å². The summed E-state index contributed by atoms with van der Waals surface area (Å²) in [5.74, 6) is 0. The Morgan fingerprint density at radius 1 is 1.25 bits per heavy atom. The van der Waals surface area contributed by atoms with E-state index in [1.165, 1.54) is 0 Å². The van der Waals surface area contributed by atoms with Crippen molar-refractivity contribution >= 4 is 0 Å². The summed E-state index contributed by atoms with van der Waals surface area (Å²) in [4.78, 5) is 0. The second-order valence-corrected chi connectivity index (χ2v) is 0. The molecule has 0 aromatic heterocycles. The van der Waals surface area contributed by atoms with Crippen molar-refractivity contribution in [3.05, 3.63) is 0 Å². The second-order valence-electron chi connectivity index (χ2n) is 0. The van der Waals surface area contributed by atoms with Crippen LogP contribution in [0.4, 0.5) is 0 Å². The van der Waals surface area contributed by atoms with Crippen LogP contribution in [0.1, 0.15) is 0 Å². The van der Waals surface area contributed by atoms with E-state index in [-0.39, 0.29) is 11.6 Å². The van der Waals surface area contributed by atoms with Crippen molar-refractivity contribution in [2.24, 2.45) is 0 Å². The van der Waals surface area contributed by atoms with Crippen LogP contribution in [0, 0.1) is 0 Å². The third kappa shape index (κ3) is 60.0. The first-order valence-corrected chi connectivity index (χ1v) is 0.508. The standard InChI is InChI=1S/Cu.H3N.H2O.O/h;1H3;1H2;. The summed E-state index contributed by atoms with van der Waals surface area (Å²) in [5.41, 5.74) is 0. The van der Waals surface area contributed by atoms with Crippen LogP contribution in [0.25, 0.3) is 0 Å². The molecule has 0 aromatic carbocycles. The summed E-state index contributed by atoms with van der Waals surface area (Å²) in [7, 11) is 0. The molecule has 3 nitrogen and oxygen atoms in total. The van der Waals surface area contributed by atoms with Gasteiger partial charge in [0.1, 0.15) is 0 Å². The number of rotatable bonds is 0. The molecule has 4 heteroatoms. The Morgan fingerprint density at radius 2 is 1.25 bits per heavy atom. The van der Waals surface area contributed by atoms with Crippen LogP contribution in [0.15, 0.2) is 0 Å². The van der Waals surface area contributed by atoms with Crippen molar-refractivity contribution in [2.45, 2.75) is 0 Å². The van der Waals surface area contributed by atoms with Crippen LogP contribution in [0.2, 0.25) is 0 Å². The molecule has 5 N–H and O–H groups in total. The van der Waals surface area contributed by atoms with Crippen molar-refractivity contribution in [3.63, 3.8) is 0 Å². The molecule has 0 saturated heterocycles. The third-order valence-electron chi connectivity index (χ3n) is 0. The summed E-state index contributed by atoms with van der Waals surface area (Å²) in [6.45, 7) is 0. The minimum absolute atomic E-state index is 0. The van der Waals surface area contributed by atoms with Crippen molar-refractivity contribution in [1.82, 2.24) is 6.15 Å². The van der Waals surface area contributed by atoms with Crippen LogP contribution in [0.5, 0.6) is 0 Å². The Morgan fingerprint density at radius 3 is 1.25 bits per heavy atom. The molecular weight excluding hydrogens is 110 g/mol. The summed E-state index contributed by atoms with van der Waals surface area (Å²) in [5, 5.41) is 0. The molecule has 0 unspecified atom stereocenters. The molecule has 0 amide bonds. The number of hydrogen-bond acceptors (Lipinski definition) is 2. The van der Waals surface area contributed by atoms with E-state index in [1.54, 1.807) is 0 Å². The second kappa shape index (κ2) is 283. The van der Waals surface area contributed by atoms with E-state index in [0.717, 1.165) is 0 Å². The Labute approximate surface area is 32.3 Å². The molecule has 0 spiro atoms. The predicted octanol–water partition coefficient (Wildman–Crippen LogP) is 0.0781. The van der Waals surface area contributed by atoms with Gasteiger partial charge in [-0.1, -0.05) is 0 Å². The van der Waals surface area contributed by atoms with Crippen molar-refractivity contribution in [1.29, 1.82) is 0 Å². The molecule has 0 atom stereocenters. The molecule has 4 heavy (non-hydrogen) atoms. The van der Waals surface area contributed by atoms with Gasteiger partial charge in [-0.25, -0.2) is 0 Å². The SMILES string of the molecule is [NH4+].[OH-].[O]=[Cu]. The van der Waals surface area contributed by atoms with Crippen LogP contribution in [-0.2, 0) is 19.8 Å². The van der Waals surface area contributed by atoms with Gasteiger partial charge in [-0.3, -0.25) is 0 Å². The van der Waals surface area contributed by atoms with E-state index in [1.807, 2.05) is 0 Å². The van der Waals surface area contributed by atoms with Gasteiger partial charge < -0.3 is 11.6 Å². The Bertz CT molecular complexity index is 6.00. The number of hydrogen-bond donors (Lipinski definition) is 1. The first-order chi connectivity index (χ1) is 1.00. The molecule has 0 aliphatic carbocycles. The average molecular weight is 115 g/mol. The number of quaternary nitrogens is 1.